The minimum atomic E-state index is -0.665. The van der Waals surface area contributed by atoms with Crippen molar-refractivity contribution in [1.82, 2.24) is 26.1 Å². The summed E-state index contributed by atoms with van der Waals surface area (Å²) in [5.41, 5.74) is 2.19. The lowest BCUT2D eigenvalue weighted by Gasteiger charge is -2.15. The lowest BCUT2D eigenvalue weighted by atomic mass is 10.1. The van der Waals surface area contributed by atoms with Crippen molar-refractivity contribution in [2.24, 2.45) is 0 Å². The van der Waals surface area contributed by atoms with Crippen molar-refractivity contribution in [2.45, 2.75) is 32.5 Å². The Kier molecular flexibility index (Phi) is 4.42. The number of carbonyl (C=O) groups is 2. The summed E-state index contributed by atoms with van der Waals surface area (Å²) in [7, 11) is 0. The van der Waals surface area contributed by atoms with Crippen molar-refractivity contribution in [3.63, 3.8) is 0 Å². The number of hydrogen-bond acceptors (Lipinski definition) is 5. The second-order valence-electron chi connectivity index (χ2n) is 5.45. The summed E-state index contributed by atoms with van der Waals surface area (Å²) >= 11 is 0. The first-order valence-corrected chi connectivity index (χ1v) is 7.53. The first kappa shape index (κ1) is 15.3. The van der Waals surface area contributed by atoms with E-state index >= 15 is 0 Å². The number of aromatic amines is 1. The first-order chi connectivity index (χ1) is 11.1. The van der Waals surface area contributed by atoms with E-state index in [1.807, 2.05) is 0 Å². The van der Waals surface area contributed by atoms with Crippen LogP contribution < -0.4 is 16.0 Å². The molecule has 0 spiro atoms. The van der Waals surface area contributed by atoms with Crippen LogP contribution in [0.2, 0.25) is 0 Å². The van der Waals surface area contributed by atoms with Crippen LogP contribution in [0.4, 0.5) is 0 Å². The SMILES string of the molecule is CC(NC(=O)c1n[nH]c2c1CNCC2)C(=O)NCc1ccco1. The predicted octanol–water partition coefficient (Wildman–Crippen LogP) is 0.0831. The monoisotopic (exact) mass is 317 g/mol. The third kappa shape index (κ3) is 3.42. The van der Waals surface area contributed by atoms with E-state index in [1.165, 1.54) is 0 Å². The third-order valence-electron chi connectivity index (χ3n) is 3.78. The molecule has 0 aromatic carbocycles. The van der Waals surface area contributed by atoms with E-state index in [4.69, 9.17) is 4.42 Å². The Hall–Kier alpha value is -2.61. The number of carbonyl (C=O) groups excluding carboxylic acids is 2. The molecule has 0 saturated carbocycles. The molecule has 4 N–H and O–H groups in total. The van der Waals surface area contributed by atoms with E-state index in [1.54, 1.807) is 25.3 Å². The molecule has 1 atom stereocenters. The van der Waals surface area contributed by atoms with Gasteiger partial charge in [0.15, 0.2) is 5.69 Å². The van der Waals surface area contributed by atoms with Crippen LogP contribution >= 0.6 is 0 Å². The van der Waals surface area contributed by atoms with E-state index in [2.05, 4.69) is 26.1 Å². The molecule has 0 aliphatic carbocycles. The van der Waals surface area contributed by atoms with Crippen LogP contribution in [0.3, 0.4) is 0 Å². The highest BCUT2D eigenvalue weighted by molar-refractivity contribution is 5.97. The molecule has 3 heterocycles. The molecule has 1 aliphatic rings. The van der Waals surface area contributed by atoms with E-state index in [-0.39, 0.29) is 18.4 Å². The van der Waals surface area contributed by atoms with Gasteiger partial charge in [0.25, 0.3) is 5.91 Å². The fraction of sp³-hybridized carbons (Fsp3) is 0.400. The zero-order chi connectivity index (χ0) is 16.2. The van der Waals surface area contributed by atoms with Crippen molar-refractivity contribution < 1.29 is 14.0 Å². The van der Waals surface area contributed by atoms with Gasteiger partial charge in [-0.2, -0.15) is 5.10 Å². The van der Waals surface area contributed by atoms with Gasteiger partial charge in [0, 0.05) is 30.8 Å². The van der Waals surface area contributed by atoms with Crippen LogP contribution in [-0.4, -0.2) is 34.6 Å². The van der Waals surface area contributed by atoms with E-state index in [0.29, 0.717) is 18.0 Å². The molecule has 122 valence electrons. The summed E-state index contributed by atoms with van der Waals surface area (Å²) in [5, 5.41) is 15.5. The van der Waals surface area contributed by atoms with Crippen molar-refractivity contribution in [3.05, 3.63) is 41.1 Å². The van der Waals surface area contributed by atoms with Crippen LogP contribution in [0.25, 0.3) is 0 Å². The fourth-order valence-corrected chi connectivity index (χ4v) is 2.48. The maximum atomic E-state index is 12.3. The molecule has 1 unspecified atom stereocenters. The molecule has 0 bridgehead atoms. The summed E-state index contributed by atoms with van der Waals surface area (Å²) in [6.45, 7) is 3.38. The summed E-state index contributed by atoms with van der Waals surface area (Å²) in [6, 6.07) is 2.86. The summed E-state index contributed by atoms with van der Waals surface area (Å²) in [5.74, 6) is 0.0217. The topological polar surface area (TPSA) is 112 Å². The number of hydrogen-bond donors (Lipinski definition) is 4. The molecule has 3 rings (SSSR count). The van der Waals surface area contributed by atoms with Gasteiger partial charge in [-0.3, -0.25) is 14.7 Å². The van der Waals surface area contributed by atoms with Gasteiger partial charge in [-0.25, -0.2) is 0 Å². The molecule has 2 aromatic rings. The van der Waals surface area contributed by atoms with E-state index in [0.717, 1.165) is 24.2 Å². The molecule has 2 aromatic heterocycles. The Balaban J connectivity index is 1.56. The van der Waals surface area contributed by atoms with Gasteiger partial charge in [-0.15, -0.1) is 0 Å². The summed E-state index contributed by atoms with van der Waals surface area (Å²) < 4.78 is 5.14. The van der Waals surface area contributed by atoms with Crippen molar-refractivity contribution in [1.29, 1.82) is 0 Å². The maximum Gasteiger partial charge on any atom is 0.272 e. The second-order valence-corrected chi connectivity index (χ2v) is 5.45. The Bertz CT molecular complexity index is 692. The maximum absolute atomic E-state index is 12.3. The first-order valence-electron chi connectivity index (χ1n) is 7.53. The highest BCUT2D eigenvalue weighted by Gasteiger charge is 2.24. The van der Waals surface area contributed by atoms with Crippen LogP contribution in [0, 0.1) is 0 Å². The number of nitrogens with zero attached hydrogens (tertiary/aromatic N) is 1. The molecular weight excluding hydrogens is 298 g/mol. The van der Waals surface area contributed by atoms with Gasteiger partial charge in [0.1, 0.15) is 11.8 Å². The van der Waals surface area contributed by atoms with Gasteiger partial charge in [0.05, 0.1) is 12.8 Å². The van der Waals surface area contributed by atoms with Crippen LogP contribution in [0.15, 0.2) is 22.8 Å². The second kappa shape index (κ2) is 6.66. The van der Waals surface area contributed by atoms with Crippen molar-refractivity contribution in [3.8, 4) is 0 Å². The normalized spacial score (nSPS) is 14.8. The van der Waals surface area contributed by atoms with Crippen LogP contribution in [0.5, 0.6) is 0 Å². The number of fused-ring (bicyclic) bond motifs is 1. The average molecular weight is 317 g/mol. The zero-order valence-corrected chi connectivity index (χ0v) is 12.8. The molecular formula is C15H19N5O3. The average Bonchev–Trinajstić information content (AvgIpc) is 3.21. The largest absolute Gasteiger partial charge is 0.467 e. The molecule has 8 heteroatoms. The number of H-pyrrole nitrogens is 1. The lowest BCUT2D eigenvalue weighted by molar-refractivity contribution is -0.122. The lowest BCUT2D eigenvalue weighted by Crippen LogP contribution is -2.45. The Morgan fingerprint density at radius 3 is 3.13 bits per heavy atom. The van der Waals surface area contributed by atoms with Gasteiger partial charge >= 0.3 is 0 Å². The highest BCUT2D eigenvalue weighted by Crippen LogP contribution is 2.15. The van der Waals surface area contributed by atoms with Crippen molar-refractivity contribution in [2.75, 3.05) is 6.54 Å². The van der Waals surface area contributed by atoms with E-state index in [9.17, 15) is 9.59 Å². The van der Waals surface area contributed by atoms with Gasteiger partial charge in [0.2, 0.25) is 5.91 Å². The Labute approximate surface area is 133 Å². The molecule has 0 fully saturated rings. The third-order valence-corrected chi connectivity index (χ3v) is 3.78. The number of nitrogens with one attached hydrogen (secondary N) is 4. The number of aromatic nitrogens is 2. The number of furan rings is 1. The molecule has 0 radical (unpaired) electrons. The Morgan fingerprint density at radius 1 is 1.48 bits per heavy atom. The summed E-state index contributed by atoms with van der Waals surface area (Å²) in [4.78, 5) is 24.3. The minimum absolute atomic E-state index is 0.280. The molecule has 1 aliphatic heterocycles. The Morgan fingerprint density at radius 2 is 2.35 bits per heavy atom. The molecule has 0 saturated heterocycles. The number of amides is 2. The zero-order valence-electron chi connectivity index (χ0n) is 12.8. The van der Waals surface area contributed by atoms with Gasteiger partial charge in [-0.1, -0.05) is 0 Å². The van der Waals surface area contributed by atoms with Crippen LogP contribution in [0.1, 0.15) is 34.4 Å². The minimum Gasteiger partial charge on any atom is -0.467 e. The smallest absolute Gasteiger partial charge is 0.272 e. The van der Waals surface area contributed by atoms with Gasteiger partial charge < -0.3 is 20.4 Å². The van der Waals surface area contributed by atoms with E-state index < -0.39 is 6.04 Å². The predicted molar refractivity (Wildman–Crippen MR) is 81.5 cm³/mol. The van der Waals surface area contributed by atoms with Gasteiger partial charge in [-0.05, 0) is 19.1 Å². The summed E-state index contributed by atoms with van der Waals surface area (Å²) in [6.07, 6.45) is 2.36. The molecule has 8 nitrogen and oxygen atoms in total. The van der Waals surface area contributed by atoms with Crippen LogP contribution in [-0.2, 0) is 24.3 Å². The standard InChI is InChI=1S/C15H19N5O3/c1-9(14(21)17-7-10-3-2-6-23-10)18-15(22)13-11-8-16-5-4-12(11)19-20-13/h2-3,6,9,16H,4-5,7-8H2,1H3,(H,17,21)(H,18,22)(H,19,20). The van der Waals surface area contributed by atoms with Crippen molar-refractivity contribution >= 4 is 11.8 Å². The number of rotatable bonds is 5. The quantitative estimate of drug-likeness (QED) is 0.624. The fourth-order valence-electron chi connectivity index (χ4n) is 2.48. The highest BCUT2D eigenvalue weighted by atomic mass is 16.3. The molecule has 23 heavy (non-hydrogen) atoms. The molecule has 2 amide bonds.